The number of hydrogen-bond donors (Lipinski definition) is 0. The minimum atomic E-state index is -0.491. The lowest BCUT2D eigenvalue weighted by Gasteiger charge is -2.07. The van der Waals surface area contributed by atoms with Gasteiger partial charge in [-0.1, -0.05) is 17.7 Å². The van der Waals surface area contributed by atoms with Gasteiger partial charge in [0.2, 0.25) is 0 Å². The zero-order valence-corrected chi connectivity index (χ0v) is 10.7. The molecule has 1 aromatic heterocycles. The van der Waals surface area contributed by atoms with Crippen LogP contribution in [-0.2, 0) is 0 Å². The second-order valence-corrected chi connectivity index (χ2v) is 4.26. The summed E-state index contributed by atoms with van der Waals surface area (Å²) in [5.74, 6) is -0.146. The van der Waals surface area contributed by atoms with Crippen molar-refractivity contribution in [1.82, 2.24) is 10.2 Å². The maximum Gasteiger partial charge on any atom is 0.345 e. The molecule has 1 aromatic carbocycles. The second kappa shape index (κ2) is 5.14. The van der Waals surface area contributed by atoms with E-state index in [1.54, 1.807) is 25.1 Å². The number of carbonyl (C=O) groups excluding carboxylic acids is 1. The third-order valence-electron chi connectivity index (χ3n) is 2.41. The number of carbonyl (C=O) groups is 1. The molecular formula is C13H11ClN2O2. The maximum absolute atomic E-state index is 11.9. The Morgan fingerprint density at radius 2 is 2.06 bits per heavy atom. The number of aromatic nitrogens is 2. The van der Waals surface area contributed by atoms with Crippen LogP contribution in [0.15, 0.2) is 30.5 Å². The van der Waals surface area contributed by atoms with Crippen molar-refractivity contribution in [1.29, 1.82) is 0 Å². The molecule has 4 nitrogen and oxygen atoms in total. The molecule has 0 saturated heterocycles. The molecule has 5 heteroatoms. The molecule has 18 heavy (non-hydrogen) atoms. The number of nitrogens with zero attached hydrogens (tertiary/aromatic N) is 2. The van der Waals surface area contributed by atoms with Crippen molar-refractivity contribution in [3.63, 3.8) is 0 Å². The molecule has 0 aliphatic rings. The molecule has 2 rings (SSSR count). The van der Waals surface area contributed by atoms with E-state index in [4.69, 9.17) is 16.3 Å². The quantitative estimate of drug-likeness (QED) is 0.617. The van der Waals surface area contributed by atoms with Crippen LogP contribution in [0.5, 0.6) is 5.75 Å². The van der Waals surface area contributed by atoms with Crippen LogP contribution in [-0.4, -0.2) is 16.2 Å². The van der Waals surface area contributed by atoms with Crippen LogP contribution < -0.4 is 4.74 Å². The van der Waals surface area contributed by atoms with Gasteiger partial charge in [0.15, 0.2) is 0 Å². The lowest BCUT2D eigenvalue weighted by Crippen LogP contribution is -2.11. The molecule has 1 heterocycles. The van der Waals surface area contributed by atoms with E-state index in [1.165, 1.54) is 6.20 Å². The fourth-order valence-electron chi connectivity index (χ4n) is 1.46. The predicted molar refractivity (Wildman–Crippen MR) is 67.9 cm³/mol. The van der Waals surface area contributed by atoms with Gasteiger partial charge in [-0.2, -0.15) is 10.2 Å². The standard InChI is InChI=1S/C13H11ClN2O2/c1-8-3-4-11(14)12(7-8)18-13(17)10-5-6-15-16-9(10)2/h3-7H,1-2H3. The summed E-state index contributed by atoms with van der Waals surface area (Å²) in [6.45, 7) is 3.59. The molecule has 0 aliphatic heterocycles. The van der Waals surface area contributed by atoms with E-state index in [-0.39, 0.29) is 0 Å². The third kappa shape index (κ3) is 2.65. The Hall–Kier alpha value is -1.94. The monoisotopic (exact) mass is 262 g/mol. The fraction of sp³-hybridized carbons (Fsp3) is 0.154. The van der Waals surface area contributed by atoms with Crippen LogP contribution in [0.25, 0.3) is 0 Å². The summed E-state index contributed by atoms with van der Waals surface area (Å²) >= 11 is 5.96. The smallest absolute Gasteiger partial charge is 0.345 e. The Labute approximate surface area is 110 Å². The average Bonchev–Trinajstić information content (AvgIpc) is 2.34. The van der Waals surface area contributed by atoms with Gasteiger partial charge in [0, 0.05) is 0 Å². The molecule has 0 radical (unpaired) electrons. The zero-order chi connectivity index (χ0) is 13.1. The Morgan fingerprint density at radius 3 is 2.78 bits per heavy atom. The van der Waals surface area contributed by atoms with Crippen LogP contribution in [0.1, 0.15) is 21.6 Å². The van der Waals surface area contributed by atoms with Crippen molar-refractivity contribution in [2.75, 3.05) is 0 Å². The lowest BCUT2D eigenvalue weighted by atomic mass is 10.2. The summed E-state index contributed by atoms with van der Waals surface area (Å²) in [6.07, 6.45) is 1.45. The van der Waals surface area contributed by atoms with Crippen molar-refractivity contribution >= 4 is 17.6 Å². The van der Waals surface area contributed by atoms with Gasteiger partial charge in [-0.25, -0.2) is 4.79 Å². The summed E-state index contributed by atoms with van der Waals surface area (Å²) in [4.78, 5) is 11.9. The SMILES string of the molecule is Cc1ccc(Cl)c(OC(=O)c2ccnnc2C)c1. The summed E-state index contributed by atoms with van der Waals surface area (Å²) in [6, 6.07) is 6.81. The van der Waals surface area contributed by atoms with E-state index in [0.29, 0.717) is 22.0 Å². The molecule has 0 spiro atoms. The molecule has 0 aliphatic carbocycles. The third-order valence-corrected chi connectivity index (χ3v) is 2.73. The first kappa shape index (κ1) is 12.5. The van der Waals surface area contributed by atoms with Gasteiger partial charge in [-0.15, -0.1) is 0 Å². The average molecular weight is 263 g/mol. The minimum Gasteiger partial charge on any atom is -0.421 e. The molecule has 92 valence electrons. The van der Waals surface area contributed by atoms with Gasteiger partial charge in [0.1, 0.15) is 5.75 Å². The fourth-order valence-corrected chi connectivity index (χ4v) is 1.62. The Kier molecular flexibility index (Phi) is 3.58. The van der Waals surface area contributed by atoms with Gasteiger partial charge >= 0.3 is 5.97 Å². The number of rotatable bonds is 2. The van der Waals surface area contributed by atoms with Crippen molar-refractivity contribution in [3.8, 4) is 5.75 Å². The number of halogens is 1. The van der Waals surface area contributed by atoms with Gasteiger partial charge in [-0.3, -0.25) is 0 Å². The molecule has 0 atom stereocenters. The van der Waals surface area contributed by atoms with E-state index in [9.17, 15) is 4.79 Å². The highest BCUT2D eigenvalue weighted by Gasteiger charge is 2.14. The Morgan fingerprint density at radius 1 is 1.28 bits per heavy atom. The number of hydrogen-bond acceptors (Lipinski definition) is 4. The zero-order valence-electron chi connectivity index (χ0n) is 9.98. The Bertz CT molecular complexity index is 599. The highest BCUT2D eigenvalue weighted by Crippen LogP contribution is 2.26. The van der Waals surface area contributed by atoms with E-state index < -0.39 is 5.97 Å². The number of benzene rings is 1. The van der Waals surface area contributed by atoms with Crippen molar-refractivity contribution in [2.45, 2.75) is 13.8 Å². The topological polar surface area (TPSA) is 52.1 Å². The van der Waals surface area contributed by atoms with Gasteiger partial charge < -0.3 is 4.74 Å². The highest BCUT2D eigenvalue weighted by atomic mass is 35.5. The molecule has 0 N–H and O–H groups in total. The second-order valence-electron chi connectivity index (χ2n) is 3.85. The van der Waals surface area contributed by atoms with Crippen LogP contribution in [0.2, 0.25) is 5.02 Å². The van der Waals surface area contributed by atoms with Gasteiger partial charge in [0.05, 0.1) is 22.5 Å². The molecule has 2 aromatic rings. The van der Waals surface area contributed by atoms with Crippen LogP contribution in [0.3, 0.4) is 0 Å². The van der Waals surface area contributed by atoms with Gasteiger partial charge in [0.25, 0.3) is 0 Å². The maximum atomic E-state index is 11.9. The normalized spacial score (nSPS) is 10.2. The molecule has 0 fully saturated rings. The molecule has 0 saturated carbocycles. The van der Waals surface area contributed by atoms with Crippen LogP contribution in [0, 0.1) is 13.8 Å². The van der Waals surface area contributed by atoms with Crippen molar-refractivity contribution < 1.29 is 9.53 Å². The summed E-state index contributed by atoms with van der Waals surface area (Å²) in [5.41, 5.74) is 1.86. The van der Waals surface area contributed by atoms with Crippen LogP contribution in [0.4, 0.5) is 0 Å². The van der Waals surface area contributed by atoms with Crippen LogP contribution >= 0.6 is 11.6 Å². The molecular weight excluding hydrogens is 252 g/mol. The summed E-state index contributed by atoms with van der Waals surface area (Å²) in [5, 5.41) is 7.88. The molecule has 0 unspecified atom stereocenters. The largest absolute Gasteiger partial charge is 0.421 e. The van der Waals surface area contributed by atoms with Crippen molar-refractivity contribution in [2.24, 2.45) is 0 Å². The first-order chi connectivity index (χ1) is 8.58. The number of esters is 1. The lowest BCUT2D eigenvalue weighted by molar-refractivity contribution is 0.0733. The highest BCUT2D eigenvalue weighted by molar-refractivity contribution is 6.32. The molecule has 0 bridgehead atoms. The van der Waals surface area contributed by atoms with Gasteiger partial charge in [-0.05, 0) is 37.6 Å². The predicted octanol–water partition coefficient (Wildman–Crippen LogP) is 2.97. The Balaban J connectivity index is 2.27. The summed E-state index contributed by atoms with van der Waals surface area (Å²) < 4.78 is 5.25. The first-order valence-electron chi connectivity index (χ1n) is 5.34. The van der Waals surface area contributed by atoms with E-state index in [1.807, 2.05) is 13.0 Å². The summed E-state index contributed by atoms with van der Waals surface area (Å²) in [7, 11) is 0. The number of aryl methyl sites for hydroxylation is 2. The first-order valence-corrected chi connectivity index (χ1v) is 5.72. The van der Waals surface area contributed by atoms with Crippen molar-refractivity contribution in [3.05, 3.63) is 52.3 Å². The van der Waals surface area contributed by atoms with E-state index >= 15 is 0 Å². The minimum absolute atomic E-state index is 0.345. The molecule has 0 amide bonds. The van der Waals surface area contributed by atoms with E-state index in [2.05, 4.69) is 10.2 Å². The van der Waals surface area contributed by atoms with E-state index in [0.717, 1.165) is 5.56 Å². The number of ether oxygens (including phenoxy) is 1.